The first-order valence-corrected chi connectivity index (χ1v) is 5.62. The van der Waals surface area contributed by atoms with E-state index in [9.17, 15) is 0 Å². The van der Waals surface area contributed by atoms with Crippen molar-refractivity contribution in [2.45, 2.75) is 26.2 Å². The normalized spacial score (nSPS) is 22.4. The summed E-state index contributed by atoms with van der Waals surface area (Å²) in [5.41, 5.74) is 3.37. The van der Waals surface area contributed by atoms with Gasteiger partial charge in [0.25, 0.3) is 0 Å². The van der Waals surface area contributed by atoms with Crippen LogP contribution in [0.1, 0.15) is 26.2 Å². The Balaban J connectivity index is 2.90. The van der Waals surface area contributed by atoms with Crippen molar-refractivity contribution < 1.29 is 5.11 Å². The van der Waals surface area contributed by atoms with Crippen molar-refractivity contribution in [3.8, 4) is 0 Å². The second-order valence-corrected chi connectivity index (χ2v) is 4.29. The largest absolute Gasteiger partial charge is 0.396 e. The van der Waals surface area contributed by atoms with Gasteiger partial charge in [0, 0.05) is 19.2 Å². The van der Waals surface area contributed by atoms with E-state index in [1.54, 1.807) is 7.05 Å². The van der Waals surface area contributed by atoms with Gasteiger partial charge >= 0.3 is 0 Å². The number of aliphatic hydroxyl groups excluding tert-OH is 1. The Morgan fingerprint density at radius 3 is 2.87 bits per heavy atom. The molecule has 0 heterocycles. The molecule has 0 amide bonds. The lowest BCUT2D eigenvalue weighted by Crippen LogP contribution is -2.08. The Kier molecular flexibility index (Phi) is 4.55. The van der Waals surface area contributed by atoms with Crippen LogP contribution in [0.5, 0.6) is 0 Å². The standard InChI is InChI=1S/C12H18ClNO/c1-8-4-5-10(6-7-15)11(8)9(2)12(13)14-3/h10,15H,2,4-7H2,1,3H3/t10-/m0/s1. The molecule has 0 aromatic rings. The van der Waals surface area contributed by atoms with E-state index < -0.39 is 0 Å². The summed E-state index contributed by atoms with van der Waals surface area (Å²) in [6.45, 7) is 6.31. The van der Waals surface area contributed by atoms with Crippen molar-refractivity contribution in [3.05, 3.63) is 23.3 Å². The summed E-state index contributed by atoms with van der Waals surface area (Å²) in [7, 11) is 1.67. The number of aliphatic hydroxyl groups is 1. The summed E-state index contributed by atoms with van der Waals surface area (Å²) < 4.78 is 0. The molecule has 15 heavy (non-hydrogen) atoms. The fraction of sp³-hybridized carbons (Fsp3) is 0.583. The van der Waals surface area contributed by atoms with E-state index in [2.05, 4.69) is 18.5 Å². The Labute approximate surface area is 96.4 Å². The third-order valence-electron chi connectivity index (χ3n) is 2.98. The van der Waals surface area contributed by atoms with E-state index >= 15 is 0 Å². The van der Waals surface area contributed by atoms with Crippen LogP contribution in [0.2, 0.25) is 0 Å². The molecule has 1 atom stereocenters. The Morgan fingerprint density at radius 1 is 1.67 bits per heavy atom. The Morgan fingerprint density at radius 2 is 2.33 bits per heavy atom. The minimum absolute atomic E-state index is 0.218. The van der Waals surface area contributed by atoms with Gasteiger partial charge < -0.3 is 5.11 Å². The Hall–Kier alpha value is -0.600. The maximum Gasteiger partial charge on any atom is 0.130 e. The average Bonchev–Trinajstić information content (AvgIpc) is 2.58. The molecule has 84 valence electrons. The summed E-state index contributed by atoms with van der Waals surface area (Å²) in [6, 6.07) is 0. The molecular weight excluding hydrogens is 210 g/mol. The first-order valence-electron chi connectivity index (χ1n) is 5.24. The fourth-order valence-electron chi connectivity index (χ4n) is 2.21. The highest BCUT2D eigenvalue weighted by Gasteiger charge is 2.25. The van der Waals surface area contributed by atoms with Crippen LogP contribution >= 0.6 is 11.6 Å². The maximum absolute atomic E-state index is 8.99. The molecule has 1 aliphatic rings. The smallest absolute Gasteiger partial charge is 0.130 e. The van der Waals surface area contributed by atoms with Gasteiger partial charge in [-0.25, -0.2) is 0 Å². The van der Waals surface area contributed by atoms with Gasteiger partial charge in [-0.1, -0.05) is 23.8 Å². The lowest BCUT2D eigenvalue weighted by atomic mass is 9.92. The first-order chi connectivity index (χ1) is 7.11. The molecule has 0 aromatic heterocycles. The van der Waals surface area contributed by atoms with Gasteiger partial charge in [-0.15, -0.1) is 0 Å². The van der Waals surface area contributed by atoms with E-state index in [1.807, 2.05) is 0 Å². The predicted molar refractivity (Wildman–Crippen MR) is 65.5 cm³/mol. The van der Waals surface area contributed by atoms with E-state index in [0.717, 1.165) is 24.8 Å². The van der Waals surface area contributed by atoms with Crippen molar-refractivity contribution >= 4 is 16.8 Å². The van der Waals surface area contributed by atoms with Crippen molar-refractivity contribution in [2.75, 3.05) is 13.7 Å². The van der Waals surface area contributed by atoms with Crippen molar-refractivity contribution in [1.29, 1.82) is 0 Å². The molecular formula is C12H18ClNO. The summed E-state index contributed by atoms with van der Waals surface area (Å²) >= 11 is 5.98. The Bertz CT molecular complexity index is 318. The summed E-state index contributed by atoms with van der Waals surface area (Å²) in [4.78, 5) is 3.95. The zero-order chi connectivity index (χ0) is 11.4. The lowest BCUT2D eigenvalue weighted by Gasteiger charge is -2.15. The zero-order valence-corrected chi connectivity index (χ0v) is 10.1. The highest BCUT2D eigenvalue weighted by atomic mass is 35.5. The third kappa shape index (κ3) is 2.70. The lowest BCUT2D eigenvalue weighted by molar-refractivity contribution is 0.267. The molecule has 0 saturated carbocycles. The molecule has 2 nitrogen and oxygen atoms in total. The van der Waals surface area contributed by atoms with E-state index in [-0.39, 0.29) is 6.61 Å². The molecule has 0 bridgehead atoms. The van der Waals surface area contributed by atoms with Gasteiger partial charge in [-0.3, -0.25) is 4.99 Å². The van der Waals surface area contributed by atoms with Gasteiger partial charge in [-0.05, 0) is 37.7 Å². The van der Waals surface area contributed by atoms with Gasteiger partial charge in [0.2, 0.25) is 0 Å². The second kappa shape index (κ2) is 5.47. The van der Waals surface area contributed by atoms with Crippen molar-refractivity contribution in [2.24, 2.45) is 10.9 Å². The number of halogens is 1. The molecule has 1 aliphatic carbocycles. The molecule has 0 aromatic carbocycles. The van der Waals surface area contributed by atoms with Gasteiger partial charge in [-0.2, -0.15) is 0 Å². The van der Waals surface area contributed by atoms with E-state index in [4.69, 9.17) is 16.7 Å². The molecule has 0 radical (unpaired) electrons. The van der Waals surface area contributed by atoms with Crippen LogP contribution in [0, 0.1) is 5.92 Å². The zero-order valence-electron chi connectivity index (χ0n) is 9.39. The topological polar surface area (TPSA) is 32.6 Å². The van der Waals surface area contributed by atoms with Gasteiger partial charge in [0.1, 0.15) is 5.17 Å². The number of hydrogen-bond acceptors (Lipinski definition) is 2. The maximum atomic E-state index is 8.99. The quantitative estimate of drug-likeness (QED) is 0.736. The van der Waals surface area contributed by atoms with Crippen LogP contribution in [0.15, 0.2) is 28.3 Å². The monoisotopic (exact) mass is 227 g/mol. The second-order valence-electron chi connectivity index (χ2n) is 3.93. The molecule has 0 spiro atoms. The van der Waals surface area contributed by atoms with Crippen LogP contribution < -0.4 is 0 Å². The third-order valence-corrected chi connectivity index (χ3v) is 3.38. The van der Waals surface area contributed by atoms with E-state index in [1.165, 1.54) is 11.1 Å². The van der Waals surface area contributed by atoms with Crippen molar-refractivity contribution in [3.63, 3.8) is 0 Å². The highest BCUT2D eigenvalue weighted by molar-refractivity contribution is 6.70. The summed E-state index contributed by atoms with van der Waals surface area (Å²) in [5.74, 6) is 0.401. The molecule has 0 aliphatic heterocycles. The van der Waals surface area contributed by atoms with Crippen molar-refractivity contribution in [1.82, 2.24) is 0 Å². The molecule has 0 unspecified atom stereocenters. The predicted octanol–water partition coefficient (Wildman–Crippen LogP) is 2.92. The fourth-order valence-corrected chi connectivity index (χ4v) is 2.31. The van der Waals surface area contributed by atoms with Crippen LogP contribution in [0.25, 0.3) is 0 Å². The highest BCUT2D eigenvalue weighted by Crippen LogP contribution is 2.38. The van der Waals surface area contributed by atoms with Crippen LogP contribution in [-0.4, -0.2) is 23.9 Å². The number of rotatable bonds is 4. The molecule has 0 saturated heterocycles. The van der Waals surface area contributed by atoms with Crippen LogP contribution in [0.4, 0.5) is 0 Å². The molecule has 3 heteroatoms. The minimum Gasteiger partial charge on any atom is -0.396 e. The number of aliphatic imine (C=N–C) groups is 1. The summed E-state index contributed by atoms with van der Waals surface area (Å²) in [5, 5.41) is 9.47. The first kappa shape index (κ1) is 12.5. The minimum atomic E-state index is 0.218. The summed E-state index contributed by atoms with van der Waals surface area (Å²) in [6.07, 6.45) is 2.96. The van der Waals surface area contributed by atoms with E-state index in [0.29, 0.717) is 11.1 Å². The molecule has 1 N–H and O–H groups in total. The van der Waals surface area contributed by atoms with Crippen LogP contribution in [-0.2, 0) is 0 Å². The van der Waals surface area contributed by atoms with Crippen LogP contribution in [0.3, 0.4) is 0 Å². The van der Waals surface area contributed by atoms with Gasteiger partial charge in [0.15, 0.2) is 0 Å². The molecule has 1 rings (SSSR count). The number of hydrogen-bond donors (Lipinski definition) is 1. The van der Waals surface area contributed by atoms with Gasteiger partial charge in [0.05, 0.1) is 0 Å². The SMILES string of the molecule is C=C(C(Cl)=NC)C1=C(C)CC[C@H]1CCO. The number of nitrogens with zero attached hydrogens (tertiary/aromatic N) is 1. The average molecular weight is 228 g/mol. The number of allylic oxidation sites excluding steroid dienone is 3. The molecule has 0 fully saturated rings.